The first kappa shape index (κ1) is 23.6. The van der Waals surface area contributed by atoms with Crippen molar-refractivity contribution in [1.29, 1.82) is 0 Å². The quantitative estimate of drug-likeness (QED) is 0.509. The minimum Gasteiger partial charge on any atom is -0.493 e. The Bertz CT molecular complexity index is 1040. The monoisotopic (exact) mass is 466 g/mol. The third-order valence-corrected chi connectivity index (χ3v) is 6.66. The zero-order valence-corrected chi connectivity index (χ0v) is 19.9. The molecule has 4 rings (SSSR count). The topological polar surface area (TPSA) is 45.2 Å². The Kier molecular flexibility index (Phi) is 7.89. The van der Waals surface area contributed by atoms with Gasteiger partial charge in [-0.2, -0.15) is 0 Å². The lowest BCUT2D eigenvalue weighted by Crippen LogP contribution is -2.48. The number of aliphatic hydroxyl groups excluding tert-OH is 1. The Morgan fingerprint density at radius 1 is 0.848 bits per heavy atom. The van der Waals surface area contributed by atoms with Gasteiger partial charge in [-0.3, -0.25) is 9.80 Å². The van der Waals surface area contributed by atoms with Crippen LogP contribution in [-0.4, -0.2) is 55.3 Å². The summed E-state index contributed by atoms with van der Waals surface area (Å²) in [6.45, 7) is 4.32. The van der Waals surface area contributed by atoms with Crippen LogP contribution in [0.4, 0.5) is 0 Å². The summed E-state index contributed by atoms with van der Waals surface area (Å²) in [5.74, 6) is 1.49. The Balaban J connectivity index is 1.49. The van der Waals surface area contributed by atoms with Crippen LogP contribution in [-0.2, 0) is 6.54 Å². The summed E-state index contributed by atoms with van der Waals surface area (Å²) in [6.07, 6.45) is -0.663. The number of aliphatic hydroxyl groups is 1. The summed E-state index contributed by atoms with van der Waals surface area (Å²) in [5, 5.41) is 12.1. The van der Waals surface area contributed by atoms with Gasteiger partial charge in [0.15, 0.2) is 11.5 Å². The summed E-state index contributed by atoms with van der Waals surface area (Å²) in [7, 11) is 3.31. The molecule has 5 nitrogen and oxygen atoms in total. The number of hydrogen-bond donors (Lipinski definition) is 1. The Morgan fingerprint density at radius 2 is 1.52 bits per heavy atom. The molecule has 0 spiro atoms. The molecule has 6 heteroatoms. The van der Waals surface area contributed by atoms with Gasteiger partial charge in [-0.05, 0) is 34.9 Å². The highest BCUT2D eigenvalue weighted by atomic mass is 35.5. The molecule has 2 atom stereocenters. The molecule has 1 saturated heterocycles. The van der Waals surface area contributed by atoms with E-state index in [-0.39, 0.29) is 6.04 Å². The molecule has 0 saturated carbocycles. The second kappa shape index (κ2) is 11.0. The van der Waals surface area contributed by atoms with Crippen LogP contribution in [0.5, 0.6) is 11.5 Å². The van der Waals surface area contributed by atoms with Crippen LogP contribution >= 0.6 is 11.6 Å². The number of piperazine rings is 1. The highest BCUT2D eigenvalue weighted by Crippen LogP contribution is 2.38. The van der Waals surface area contributed by atoms with Gasteiger partial charge in [-0.25, -0.2) is 0 Å². The lowest BCUT2D eigenvalue weighted by molar-refractivity contribution is 0.0149. The number of ether oxygens (including phenoxy) is 2. The van der Waals surface area contributed by atoms with Crippen LogP contribution in [0.25, 0.3) is 0 Å². The number of methoxy groups -OCH3 is 2. The second-order valence-corrected chi connectivity index (χ2v) is 8.73. The summed E-state index contributed by atoms with van der Waals surface area (Å²) in [5.41, 5.74) is 3.05. The number of hydrogen-bond acceptors (Lipinski definition) is 5. The largest absolute Gasteiger partial charge is 0.493 e. The molecule has 1 fully saturated rings. The number of nitrogens with zero attached hydrogens (tertiary/aromatic N) is 2. The van der Waals surface area contributed by atoms with Crippen molar-refractivity contribution in [2.45, 2.75) is 18.7 Å². The summed E-state index contributed by atoms with van der Waals surface area (Å²) in [4.78, 5) is 4.78. The van der Waals surface area contributed by atoms with Gasteiger partial charge in [-0.1, -0.05) is 66.2 Å². The Morgan fingerprint density at radius 3 is 2.18 bits per heavy atom. The smallest absolute Gasteiger partial charge is 0.161 e. The normalized spacial score (nSPS) is 16.8. The van der Waals surface area contributed by atoms with Crippen LogP contribution in [0, 0.1) is 0 Å². The molecule has 2 unspecified atom stereocenters. The molecular formula is C27H31ClN2O3. The molecule has 1 aliphatic rings. The summed E-state index contributed by atoms with van der Waals surface area (Å²) in [6, 6.07) is 23.5. The Labute approximate surface area is 201 Å². The third kappa shape index (κ3) is 5.50. The predicted octanol–water partition coefficient (Wildman–Crippen LogP) is 4.95. The highest BCUT2D eigenvalue weighted by Gasteiger charge is 2.32. The molecule has 1 aliphatic heterocycles. The fourth-order valence-corrected chi connectivity index (χ4v) is 4.80. The maximum atomic E-state index is 11.4. The lowest BCUT2D eigenvalue weighted by atomic mass is 9.93. The van der Waals surface area contributed by atoms with Crippen molar-refractivity contribution in [3.05, 3.63) is 94.5 Å². The van der Waals surface area contributed by atoms with Gasteiger partial charge in [0.1, 0.15) is 0 Å². The molecule has 0 bridgehead atoms. The molecule has 0 aliphatic carbocycles. The van der Waals surface area contributed by atoms with Crippen molar-refractivity contribution >= 4 is 11.6 Å². The van der Waals surface area contributed by atoms with Crippen molar-refractivity contribution in [2.24, 2.45) is 0 Å². The molecule has 0 radical (unpaired) electrons. The van der Waals surface area contributed by atoms with Crippen LogP contribution in [0.15, 0.2) is 72.8 Å². The molecule has 1 heterocycles. The molecule has 3 aromatic rings. The fraction of sp³-hybridized carbons (Fsp3) is 0.333. The number of benzene rings is 3. The van der Waals surface area contributed by atoms with Gasteiger partial charge in [0.25, 0.3) is 0 Å². The lowest BCUT2D eigenvalue weighted by Gasteiger charge is -2.41. The zero-order chi connectivity index (χ0) is 23.2. The van der Waals surface area contributed by atoms with Gasteiger partial charge < -0.3 is 14.6 Å². The van der Waals surface area contributed by atoms with E-state index in [1.807, 2.05) is 66.7 Å². The van der Waals surface area contributed by atoms with Gasteiger partial charge in [0, 0.05) is 37.7 Å². The summed E-state index contributed by atoms with van der Waals surface area (Å²) >= 11 is 6.59. The molecule has 33 heavy (non-hydrogen) atoms. The summed E-state index contributed by atoms with van der Waals surface area (Å²) < 4.78 is 10.8. The minimum absolute atomic E-state index is 0.204. The Hall–Kier alpha value is -2.57. The van der Waals surface area contributed by atoms with E-state index in [1.165, 1.54) is 5.56 Å². The molecule has 0 amide bonds. The van der Waals surface area contributed by atoms with E-state index in [4.69, 9.17) is 21.1 Å². The van der Waals surface area contributed by atoms with E-state index in [1.54, 1.807) is 14.2 Å². The van der Waals surface area contributed by atoms with Crippen molar-refractivity contribution in [2.75, 3.05) is 40.4 Å². The van der Waals surface area contributed by atoms with E-state index in [0.29, 0.717) is 5.02 Å². The van der Waals surface area contributed by atoms with Gasteiger partial charge in [-0.15, -0.1) is 0 Å². The first-order valence-corrected chi connectivity index (χ1v) is 11.6. The fourth-order valence-electron chi connectivity index (χ4n) is 4.55. The standard InChI is InChI=1S/C27H31ClN2O3/c1-32-24-13-12-20(18-25(24)33-2)19-29-14-16-30(17-15-29)26(22-10-6-7-11-23(22)28)27(31)21-8-4-3-5-9-21/h3-13,18,26-27,31H,14-17,19H2,1-2H3. The van der Waals surface area contributed by atoms with Crippen molar-refractivity contribution in [1.82, 2.24) is 9.80 Å². The van der Waals surface area contributed by atoms with Crippen molar-refractivity contribution < 1.29 is 14.6 Å². The molecule has 3 aromatic carbocycles. The number of rotatable bonds is 8. The van der Waals surface area contributed by atoms with E-state index < -0.39 is 6.10 Å². The number of halogens is 1. The van der Waals surface area contributed by atoms with Gasteiger partial charge in [0.2, 0.25) is 0 Å². The third-order valence-electron chi connectivity index (χ3n) is 6.32. The van der Waals surface area contributed by atoms with Crippen LogP contribution in [0.1, 0.15) is 28.8 Å². The van der Waals surface area contributed by atoms with Crippen molar-refractivity contribution in [3.8, 4) is 11.5 Å². The highest BCUT2D eigenvalue weighted by molar-refractivity contribution is 6.31. The molecule has 1 N–H and O–H groups in total. The second-order valence-electron chi connectivity index (χ2n) is 8.32. The van der Waals surface area contributed by atoms with E-state index in [2.05, 4.69) is 15.9 Å². The van der Waals surface area contributed by atoms with E-state index >= 15 is 0 Å². The zero-order valence-electron chi connectivity index (χ0n) is 19.2. The van der Waals surface area contributed by atoms with Gasteiger partial charge >= 0.3 is 0 Å². The molecule has 174 valence electrons. The first-order valence-electron chi connectivity index (χ1n) is 11.3. The van der Waals surface area contributed by atoms with Crippen molar-refractivity contribution in [3.63, 3.8) is 0 Å². The maximum absolute atomic E-state index is 11.4. The van der Waals surface area contributed by atoms with E-state index in [9.17, 15) is 5.11 Å². The van der Waals surface area contributed by atoms with Gasteiger partial charge in [0.05, 0.1) is 26.4 Å². The maximum Gasteiger partial charge on any atom is 0.161 e. The predicted molar refractivity (Wildman–Crippen MR) is 132 cm³/mol. The first-order chi connectivity index (χ1) is 16.1. The average molecular weight is 467 g/mol. The minimum atomic E-state index is -0.663. The van der Waals surface area contributed by atoms with E-state index in [0.717, 1.165) is 55.3 Å². The average Bonchev–Trinajstić information content (AvgIpc) is 2.86. The van der Waals surface area contributed by atoms with Crippen LogP contribution in [0.3, 0.4) is 0 Å². The molecular weight excluding hydrogens is 436 g/mol. The molecule has 0 aromatic heterocycles. The van der Waals surface area contributed by atoms with Crippen LogP contribution < -0.4 is 9.47 Å². The SMILES string of the molecule is COc1ccc(CN2CCN(C(c3ccccc3Cl)C(O)c3ccccc3)CC2)cc1OC. The van der Waals surface area contributed by atoms with Crippen LogP contribution in [0.2, 0.25) is 5.02 Å².